The maximum absolute atomic E-state index is 13.9. The number of amides is 1. The lowest BCUT2D eigenvalue weighted by Gasteiger charge is -2.52. The molecule has 0 aromatic heterocycles. The smallest absolute Gasteiger partial charge is 0.235 e. The Balaban J connectivity index is 1.57. The minimum atomic E-state index is -2.74. The van der Waals surface area contributed by atoms with Gasteiger partial charge in [0.25, 0.3) is 0 Å². The van der Waals surface area contributed by atoms with Crippen molar-refractivity contribution in [3.63, 3.8) is 0 Å². The predicted octanol–water partition coefficient (Wildman–Crippen LogP) is 1.28. The van der Waals surface area contributed by atoms with Crippen LogP contribution in [0.5, 0.6) is 5.75 Å². The van der Waals surface area contributed by atoms with Gasteiger partial charge in [-0.2, -0.15) is 0 Å². The summed E-state index contributed by atoms with van der Waals surface area (Å²) in [6, 6.07) is 0.977. The van der Waals surface area contributed by atoms with E-state index in [-0.39, 0.29) is 24.2 Å². The third-order valence-corrected chi connectivity index (χ3v) is 10.3. The van der Waals surface area contributed by atoms with E-state index in [0.717, 1.165) is 19.3 Å². The second-order valence-electron chi connectivity index (χ2n) is 12.3. The number of likely N-dealkylation sites (tertiary alicyclic amines) is 1. The number of carbonyl (C=O) groups is 5. The minimum absolute atomic E-state index is 0.00853. The Hall–Kier alpha value is -2.66. The van der Waals surface area contributed by atoms with E-state index in [1.54, 1.807) is 14.1 Å². The third kappa shape index (κ3) is 4.06. The van der Waals surface area contributed by atoms with Gasteiger partial charge < -0.3 is 15.9 Å². The molecule has 10 nitrogen and oxygen atoms in total. The second kappa shape index (κ2) is 10.0. The summed E-state index contributed by atoms with van der Waals surface area (Å²) in [4.78, 5) is 70.2. The molecule has 11 heteroatoms. The predicted molar refractivity (Wildman–Crippen MR) is 145 cm³/mol. The number of likely N-dealkylation sites (N-methyl/N-ethyl adjacent to an activating group) is 1. The molecule has 4 aliphatic rings. The maximum Gasteiger partial charge on any atom is 0.235 e. The number of carbonyl (C=O) groups excluding carboxylic acids is 5. The normalized spacial score (nSPS) is 36.3. The fourth-order valence-electron chi connectivity index (χ4n) is 7.81. The van der Waals surface area contributed by atoms with Crippen molar-refractivity contribution in [2.75, 3.05) is 14.1 Å². The molecule has 3 fully saturated rings. The van der Waals surface area contributed by atoms with Crippen molar-refractivity contribution in [1.29, 1.82) is 0 Å². The number of aromatic hydroxyl groups is 1. The van der Waals surface area contributed by atoms with Crippen molar-refractivity contribution in [2.45, 2.75) is 76.2 Å². The number of Topliss-reactive ketones (excluding diaryl/α,β-unsaturated/α-hetero) is 4. The van der Waals surface area contributed by atoms with Gasteiger partial charge in [-0.1, -0.05) is 18.0 Å². The van der Waals surface area contributed by atoms with Gasteiger partial charge in [-0.3, -0.25) is 33.8 Å². The Morgan fingerprint density at radius 2 is 1.77 bits per heavy atom. The number of nitrogens with zero attached hydrogens (tertiary/aromatic N) is 2. The molecule has 1 aromatic rings. The molecule has 0 spiro atoms. The zero-order valence-electron chi connectivity index (χ0n) is 23.1. The quantitative estimate of drug-likeness (QED) is 0.451. The SMILES string of the molecule is CC1CCCC(C)N1Cc1cc(O)c2c(c1Cl)CC1CC3C(N(C)C)C(=O)C(C(N)=O)C(=O)C3(O)C(=O)C1C2=O. The molecule has 1 aliphatic heterocycles. The van der Waals surface area contributed by atoms with E-state index >= 15 is 0 Å². The number of primary amides is 1. The number of fused-ring (bicyclic) bond motifs is 3. The van der Waals surface area contributed by atoms with E-state index in [9.17, 15) is 34.2 Å². The van der Waals surface area contributed by atoms with Gasteiger partial charge in [0.1, 0.15) is 5.75 Å². The number of piperidine rings is 1. The molecular formula is C29H36ClN3O7. The molecule has 2 saturated carbocycles. The van der Waals surface area contributed by atoms with Crippen LogP contribution in [0.25, 0.3) is 0 Å². The molecule has 5 rings (SSSR count). The van der Waals surface area contributed by atoms with Crippen LogP contribution in [0.1, 0.15) is 61.0 Å². The molecule has 40 heavy (non-hydrogen) atoms. The molecule has 0 radical (unpaired) electrons. The van der Waals surface area contributed by atoms with Gasteiger partial charge >= 0.3 is 0 Å². The van der Waals surface area contributed by atoms with E-state index in [1.165, 1.54) is 11.0 Å². The van der Waals surface area contributed by atoms with Gasteiger partial charge in [0.05, 0.1) is 17.5 Å². The first-order valence-electron chi connectivity index (χ1n) is 13.8. The molecule has 8 atom stereocenters. The lowest BCUT2D eigenvalue weighted by atomic mass is 9.52. The molecule has 4 N–H and O–H groups in total. The number of hydrogen-bond donors (Lipinski definition) is 3. The number of rotatable bonds is 4. The van der Waals surface area contributed by atoms with Crippen LogP contribution in [0, 0.1) is 23.7 Å². The number of halogens is 1. The van der Waals surface area contributed by atoms with E-state index < -0.39 is 64.4 Å². The van der Waals surface area contributed by atoms with Gasteiger partial charge in [-0.15, -0.1) is 0 Å². The molecule has 0 bridgehead atoms. The van der Waals surface area contributed by atoms with E-state index in [1.807, 2.05) is 0 Å². The van der Waals surface area contributed by atoms with Crippen molar-refractivity contribution in [3.8, 4) is 5.75 Å². The van der Waals surface area contributed by atoms with E-state index in [4.69, 9.17) is 17.3 Å². The van der Waals surface area contributed by atoms with Crippen LogP contribution in [-0.4, -0.2) is 86.9 Å². The van der Waals surface area contributed by atoms with Crippen LogP contribution in [-0.2, 0) is 32.1 Å². The van der Waals surface area contributed by atoms with Gasteiger partial charge in [0, 0.05) is 29.6 Å². The van der Waals surface area contributed by atoms with E-state index in [0.29, 0.717) is 34.8 Å². The number of aliphatic hydroxyl groups is 1. The van der Waals surface area contributed by atoms with Crippen LogP contribution in [0.4, 0.5) is 0 Å². The van der Waals surface area contributed by atoms with Crippen LogP contribution in [0.3, 0.4) is 0 Å². The first-order chi connectivity index (χ1) is 18.7. The topological polar surface area (TPSA) is 158 Å². The van der Waals surface area contributed by atoms with Gasteiger partial charge in [0.2, 0.25) is 5.91 Å². The number of nitrogens with two attached hydrogens (primary N) is 1. The average Bonchev–Trinajstić information content (AvgIpc) is 2.86. The Kier molecular flexibility index (Phi) is 7.22. The highest BCUT2D eigenvalue weighted by Gasteiger charge is 2.69. The lowest BCUT2D eigenvalue weighted by molar-refractivity contribution is -0.181. The fourth-order valence-corrected chi connectivity index (χ4v) is 8.09. The van der Waals surface area contributed by atoms with Crippen LogP contribution in [0.2, 0.25) is 5.02 Å². The van der Waals surface area contributed by atoms with Gasteiger partial charge in [-0.25, -0.2) is 0 Å². The lowest BCUT2D eigenvalue weighted by Crippen LogP contribution is -2.74. The summed E-state index contributed by atoms with van der Waals surface area (Å²) in [5, 5.41) is 23.0. The monoisotopic (exact) mass is 573 g/mol. The summed E-state index contributed by atoms with van der Waals surface area (Å²) < 4.78 is 0. The van der Waals surface area contributed by atoms with E-state index in [2.05, 4.69) is 18.7 Å². The Labute approximate surface area is 237 Å². The standard InChI is InChI=1S/C29H36ClN3O7/c1-12-6-5-7-13(2)33(12)11-15-10-18(34)20-16(22(15)30)8-14-9-17-23(32(3)4)25(36)21(28(31)39)27(38)29(17,40)26(37)19(14)24(20)35/h10,12-14,17,19,21,23,34,40H,5-9,11H2,1-4H3,(H2,31,39). The Morgan fingerprint density at radius 3 is 2.35 bits per heavy atom. The number of benzene rings is 1. The number of phenolic OH excluding ortho intramolecular Hbond substituents is 1. The maximum atomic E-state index is 13.9. The van der Waals surface area contributed by atoms with Crippen molar-refractivity contribution in [3.05, 3.63) is 27.8 Å². The average molecular weight is 574 g/mol. The van der Waals surface area contributed by atoms with Crippen molar-refractivity contribution >= 4 is 40.6 Å². The highest BCUT2D eigenvalue weighted by molar-refractivity contribution is 6.34. The largest absolute Gasteiger partial charge is 0.507 e. The van der Waals surface area contributed by atoms with Gasteiger partial charge in [-0.05, 0) is 76.7 Å². The number of phenols is 1. The van der Waals surface area contributed by atoms with Crippen LogP contribution in [0.15, 0.2) is 6.07 Å². The summed E-state index contributed by atoms with van der Waals surface area (Å²) in [5.41, 5.74) is 3.65. The van der Waals surface area contributed by atoms with Crippen molar-refractivity contribution in [2.24, 2.45) is 29.4 Å². The van der Waals surface area contributed by atoms with Crippen LogP contribution >= 0.6 is 11.6 Å². The molecule has 1 amide bonds. The zero-order chi connectivity index (χ0) is 29.4. The molecule has 1 saturated heterocycles. The molecule has 3 aliphatic carbocycles. The molecular weight excluding hydrogens is 538 g/mol. The first-order valence-corrected chi connectivity index (χ1v) is 14.2. The Bertz CT molecular complexity index is 1320. The van der Waals surface area contributed by atoms with Crippen molar-refractivity contribution < 1.29 is 34.2 Å². The summed E-state index contributed by atoms with van der Waals surface area (Å²) >= 11 is 6.90. The third-order valence-electron chi connectivity index (χ3n) is 9.80. The summed E-state index contributed by atoms with van der Waals surface area (Å²) in [6.07, 6.45) is 3.38. The summed E-state index contributed by atoms with van der Waals surface area (Å²) in [5.74, 6) is -10.7. The van der Waals surface area contributed by atoms with Gasteiger partial charge in [0.15, 0.2) is 34.7 Å². The number of hydrogen-bond acceptors (Lipinski definition) is 9. The highest BCUT2D eigenvalue weighted by atomic mass is 35.5. The second-order valence-corrected chi connectivity index (χ2v) is 12.7. The zero-order valence-corrected chi connectivity index (χ0v) is 23.9. The molecule has 216 valence electrons. The summed E-state index contributed by atoms with van der Waals surface area (Å²) in [7, 11) is 3.11. The highest BCUT2D eigenvalue weighted by Crippen LogP contribution is 2.52. The Morgan fingerprint density at radius 1 is 1.15 bits per heavy atom. The fraction of sp³-hybridized carbons (Fsp3) is 0.621. The molecule has 1 aromatic carbocycles. The van der Waals surface area contributed by atoms with Crippen molar-refractivity contribution in [1.82, 2.24) is 9.80 Å². The molecule has 1 heterocycles. The number of ketones is 4. The summed E-state index contributed by atoms with van der Waals surface area (Å²) in [6.45, 7) is 4.80. The first kappa shape index (κ1) is 28.9. The van der Waals surface area contributed by atoms with Crippen LogP contribution < -0.4 is 5.73 Å². The molecule has 8 unspecified atom stereocenters. The minimum Gasteiger partial charge on any atom is -0.507 e.